The number of benzene rings is 1. The van der Waals surface area contributed by atoms with Gasteiger partial charge in [0.05, 0.1) is 16.9 Å². The molecule has 0 radical (unpaired) electrons. The van der Waals surface area contributed by atoms with E-state index in [-0.39, 0.29) is 12.6 Å². The molecule has 126 valence electrons. The largest absolute Gasteiger partial charge is 0.463 e. The number of pyridine rings is 1. The summed E-state index contributed by atoms with van der Waals surface area (Å²) in [5.41, 5.74) is 3.61. The Bertz CT molecular complexity index is 800. The molecule has 0 saturated heterocycles. The molecule has 5 heteroatoms. The van der Waals surface area contributed by atoms with E-state index in [2.05, 4.69) is 23.5 Å². The second-order valence-electron chi connectivity index (χ2n) is 6.30. The molecule has 5 nitrogen and oxygen atoms in total. The van der Waals surface area contributed by atoms with Gasteiger partial charge >= 0.3 is 5.97 Å². The van der Waals surface area contributed by atoms with Gasteiger partial charge in [-0.05, 0) is 31.0 Å². The summed E-state index contributed by atoms with van der Waals surface area (Å²) in [6.07, 6.45) is 2.69. The van der Waals surface area contributed by atoms with Crippen molar-refractivity contribution in [1.82, 2.24) is 10.3 Å². The Hall–Kier alpha value is -2.40. The monoisotopic (exact) mass is 326 g/mol. The van der Waals surface area contributed by atoms with Gasteiger partial charge in [-0.15, -0.1) is 0 Å². The van der Waals surface area contributed by atoms with Gasteiger partial charge in [0.2, 0.25) is 0 Å². The minimum absolute atomic E-state index is 0.223. The molecule has 1 aromatic carbocycles. The van der Waals surface area contributed by atoms with Crippen LogP contribution < -0.4 is 5.32 Å². The summed E-state index contributed by atoms with van der Waals surface area (Å²) < 4.78 is 10.6. The van der Waals surface area contributed by atoms with Crippen LogP contribution in [-0.4, -0.2) is 30.3 Å². The van der Waals surface area contributed by atoms with Gasteiger partial charge in [-0.1, -0.05) is 24.3 Å². The number of fused-ring (bicyclic) bond motifs is 2. The fourth-order valence-electron chi connectivity index (χ4n) is 2.74. The predicted molar refractivity (Wildman–Crippen MR) is 93.2 cm³/mol. The van der Waals surface area contributed by atoms with Crippen LogP contribution in [0, 0.1) is 0 Å². The smallest absolute Gasteiger partial charge is 0.302 e. The minimum atomic E-state index is -0.556. The van der Waals surface area contributed by atoms with Crippen molar-refractivity contribution < 1.29 is 14.3 Å². The SMILES string of the molecule is COC(C)(C/C=C1\NCc2cc3ccccc3nc21)COC(C)=O. The first kappa shape index (κ1) is 16.5. The number of nitrogens with zero attached hydrogens (tertiary/aromatic N) is 1. The van der Waals surface area contributed by atoms with Crippen molar-refractivity contribution in [1.29, 1.82) is 0 Å². The van der Waals surface area contributed by atoms with E-state index >= 15 is 0 Å². The molecule has 0 spiro atoms. The Balaban J connectivity index is 1.83. The van der Waals surface area contributed by atoms with Crippen LogP contribution >= 0.6 is 0 Å². The lowest BCUT2D eigenvalue weighted by Crippen LogP contribution is -2.33. The zero-order chi connectivity index (χ0) is 17.2. The Labute approximate surface area is 141 Å². The summed E-state index contributed by atoms with van der Waals surface area (Å²) in [4.78, 5) is 15.8. The lowest BCUT2D eigenvalue weighted by atomic mass is 10.0. The molecule has 0 aliphatic carbocycles. The zero-order valence-corrected chi connectivity index (χ0v) is 14.3. The number of ether oxygens (including phenoxy) is 2. The number of esters is 1. The first-order valence-corrected chi connectivity index (χ1v) is 8.02. The van der Waals surface area contributed by atoms with E-state index in [1.54, 1.807) is 7.11 Å². The van der Waals surface area contributed by atoms with Crippen LogP contribution in [0.15, 0.2) is 36.4 Å². The Morgan fingerprint density at radius 1 is 1.42 bits per heavy atom. The zero-order valence-electron chi connectivity index (χ0n) is 14.3. The van der Waals surface area contributed by atoms with E-state index in [9.17, 15) is 4.79 Å². The molecule has 2 aromatic rings. The number of para-hydroxylation sites is 1. The number of aromatic nitrogens is 1. The second kappa shape index (κ2) is 6.61. The number of nitrogens with one attached hydrogen (secondary N) is 1. The number of methoxy groups -OCH3 is 1. The van der Waals surface area contributed by atoms with E-state index in [1.165, 1.54) is 12.5 Å². The van der Waals surface area contributed by atoms with Crippen LogP contribution in [-0.2, 0) is 20.8 Å². The fourth-order valence-corrected chi connectivity index (χ4v) is 2.74. The average Bonchev–Trinajstić information content (AvgIpc) is 2.98. The van der Waals surface area contributed by atoms with Gasteiger partial charge in [-0.3, -0.25) is 4.79 Å². The van der Waals surface area contributed by atoms with Crippen LogP contribution in [0.3, 0.4) is 0 Å². The normalized spacial score (nSPS) is 17.4. The van der Waals surface area contributed by atoms with Crippen molar-refractivity contribution in [3.63, 3.8) is 0 Å². The molecule has 0 bridgehead atoms. The number of hydrogen-bond acceptors (Lipinski definition) is 5. The molecular formula is C19H22N2O3. The van der Waals surface area contributed by atoms with E-state index < -0.39 is 5.60 Å². The minimum Gasteiger partial charge on any atom is -0.463 e. The molecule has 1 aliphatic rings. The number of carbonyl (C=O) groups is 1. The first-order valence-electron chi connectivity index (χ1n) is 8.02. The van der Waals surface area contributed by atoms with Crippen LogP contribution in [0.1, 0.15) is 31.5 Å². The summed E-state index contributed by atoms with van der Waals surface area (Å²) in [6.45, 7) is 4.32. The van der Waals surface area contributed by atoms with Crippen molar-refractivity contribution in [3.8, 4) is 0 Å². The van der Waals surface area contributed by atoms with E-state index in [4.69, 9.17) is 14.5 Å². The van der Waals surface area contributed by atoms with Crippen LogP contribution in [0.5, 0.6) is 0 Å². The third-order valence-electron chi connectivity index (χ3n) is 4.34. The van der Waals surface area contributed by atoms with Gasteiger partial charge in [0, 0.05) is 26.0 Å². The molecule has 24 heavy (non-hydrogen) atoms. The van der Waals surface area contributed by atoms with Crippen LogP contribution in [0.2, 0.25) is 0 Å². The maximum absolute atomic E-state index is 11.0. The highest BCUT2D eigenvalue weighted by Gasteiger charge is 2.26. The van der Waals surface area contributed by atoms with Crippen LogP contribution in [0.25, 0.3) is 16.6 Å². The number of rotatable bonds is 5. The maximum atomic E-state index is 11.0. The summed E-state index contributed by atoms with van der Waals surface area (Å²) in [7, 11) is 1.63. The average molecular weight is 326 g/mol. The Morgan fingerprint density at radius 3 is 2.96 bits per heavy atom. The molecule has 3 rings (SSSR count). The molecule has 1 unspecified atom stereocenters. The van der Waals surface area contributed by atoms with Gasteiger partial charge < -0.3 is 14.8 Å². The van der Waals surface area contributed by atoms with Gasteiger partial charge in [-0.25, -0.2) is 4.98 Å². The first-order chi connectivity index (χ1) is 11.5. The highest BCUT2D eigenvalue weighted by atomic mass is 16.6. The van der Waals surface area contributed by atoms with E-state index in [0.29, 0.717) is 6.42 Å². The molecular weight excluding hydrogens is 304 g/mol. The fraction of sp³-hybridized carbons (Fsp3) is 0.368. The molecule has 1 aliphatic heterocycles. The van der Waals surface area contributed by atoms with Gasteiger partial charge in [-0.2, -0.15) is 0 Å². The lowest BCUT2D eigenvalue weighted by Gasteiger charge is -2.26. The van der Waals surface area contributed by atoms with Gasteiger partial charge in [0.1, 0.15) is 12.2 Å². The topological polar surface area (TPSA) is 60.4 Å². The molecule has 0 amide bonds. The quantitative estimate of drug-likeness (QED) is 0.856. The Morgan fingerprint density at radius 2 is 2.21 bits per heavy atom. The van der Waals surface area contributed by atoms with Gasteiger partial charge in [0.25, 0.3) is 0 Å². The molecule has 0 fully saturated rings. The number of carbonyl (C=O) groups excluding carboxylic acids is 1. The highest BCUT2D eigenvalue weighted by Crippen LogP contribution is 2.28. The molecule has 1 N–H and O–H groups in total. The number of hydrogen-bond donors (Lipinski definition) is 1. The van der Waals surface area contributed by atoms with Crippen molar-refractivity contribution in [2.24, 2.45) is 0 Å². The Kier molecular flexibility index (Phi) is 4.53. The maximum Gasteiger partial charge on any atom is 0.302 e. The lowest BCUT2D eigenvalue weighted by molar-refractivity contribution is -0.149. The third kappa shape index (κ3) is 3.41. The van der Waals surface area contributed by atoms with Crippen LogP contribution in [0.4, 0.5) is 0 Å². The summed E-state index contributed by atoms with van der Waals surface area (Å²) in [5, 5.41) is 4.54. The van der Waals surface area contributed by atoms with E-state index in [1.807, 2.05) is 25.1 Å². The third-order valence-corrected chi connectivity index (χ3v) is 4.34. The molecule has 2 heterocycles. The van der Waals surface area contributed by atoms with Crippen molar-refractivity contribution in [3.05, 3.63) is 47.7 Å². The highest BCUT2D eigenvalue weighted by molar-refractivity contribution is 5.83. The van der Waals surface area contributed by atoms with Crippen molar-refractivity contribution in [2.45, 2.75) is 32.4 Å². The summed E-state index contributed by atoms with van der Waals surface area (Å²) in [5.74, 6) is -0.302. The second-order valence-corrected chi connectivity index (χ2v) is 6.30. The molecule has 1 aromatic heterocycles. The predicted octanol–water partition coefficient (Wildman–Crippen LogP) is 3.04. The standard InChI is InChI=1S/C19H22N2O3/c1-13(22)24-12-19(2,23-3)9-8-17-18-15(11-20-17)10-14-6-4-5-7-16(14)21-18/h4-8,10,20H,9,11-12H2,1-3H3/b17-8-. The molecule has 0 saturated carbocycles. The van der Waals surface area contributed by atoms with Crippen molar-refractivity contribution >= 4 is 22.6 Å². The summed E-state index contributed by atoms with van der Waals surface area (Å²) >= 11 is 0. The van der Waals surface area contributed by atoms with E-state index in [0.717, 1.165) is 28.8 Å². The molecule has 1 atom stereocenters. The van der Waals surface area contributed by atoms with Crippen molar-refractivity contribution in [2.75, 3.05) is 13.7 Å². The van der Waals surface area contributed by atoms with Gasteiger partial charge in [0.15, 0.2) is 0 Å². The summed E-state index contributed by atoms with van der Waals surface area (Å²) in [6, 6.07) is 10.3.